The molecule has 0 saturated heterocycles. The van der Waals surface area contributed by atoms with Crippen LogP contribution in [-0.4, -0.2) is 9.97 Å². The number of anilines is 2. The van der Waals surface area contributed by atoms with Crippen LogP contribution >= 0.6 is 0 Å². The number of fused-ring (bicyclic) bond motifs is 1. The fourth-order valence-corrected chi connectivity index (χ4v) is 2.50. The molecule has 1 aliphatic carbocycles. The van der Waals surface area contributed by atoms with E-state index in [1.54, 1.807) is 0 Å². The first-order valence-electron chi connectivity index (χ1n) is 6.60. The molecule has 0 unspecified atom stereocenters. The van der Waals surface area contributed by atoms with Crippen molar-refractivity contribution in [2.45, 2.75) is 33.1 Å². The lowest BCUT2D eigenvalue weighted by atomic mass is 10.1. The van der Waals surface area contributed by atoms with Gasteiger partial charge in [0.1, 0.15) is 0 Å². The first-order valence-corrected chi connectivity index (χ1v) is 6.60. The molecule has 19 heavy (non-hydrogen) atoms. The highest BCUT2D eigenvalue weighted by atomic mass is 16.1. The van der Waals surface area contributed by atoms with Crippen molar-refractivity contribution >= 4 is 11.6 Å². The van der Waals surface area contributed by atoms with Crippen LogP contribution in [0.3, 0.4) is 0 Å². The van der Waals surface area contributed by atoms with Gasteiger partial charge in [0.05, 0.1) is 5.69 Å². The summed E-state index contributed by atoms with van der Waals surface area (Å²) in [5, 5.41) is 3.22. The van der Waals surface area contributed by atoms with E-state index in [0.717, 1.165) is 41.8 Å². The molecule has 4 heteroatoms. The smallest absolute Gasteiger partial charge is 0.255 e. The van der Waals surface area contributed by atoms with Gasteiger partial charge in [-0.25, -0.2) is 4.98 Å². The van der Waals surface area contributed by atoms with Gasteiger partial charge in [-0.1, -0.05) is 12.1 Å². The number of nitrogens with one attached hydrogen (secondary N) is 2. The van der Waals surface area contributed by atoms with Crippen LogP contribution in [0.25, 0.3) is 0 Å². The molecule has 0 saturated carbocycles. The third-order valence-corrected chi connectivity index (χ3v) is 3.59. The maximum atomic E-state index is 11.9. The minimum Gasteiger partial charge on any atom is -0.325 e. The molecule has 0 amide bonds. The first kappa shape index (κ1) is 12.0. The quantitative estimate of drug-likeness (QED) is 0.867. The summed E-state index contributed by atoms with van der Waals surface area (Å²) >= 11 is 0. The van der Waals surface area contributed by atoms with Crippen LogP contribution < -0.4 is 10.9 Å². The number of aromatic amines is 1. The van der Waals surface area contributed by atoms with Crippen LogP contribution in [0.2, 0.25) is 0 Å². The number of hydrogen-bond donors (Lipinski definition) is 2. The minimum absolute atomic E-state index is 0.00435. The topological polar surface area (TPSA) is 57.8 Å². The van der Waals surface area contributed by atoms with Gasteiger partial charge in [-0.15, -0.1) is 0 Å². The van der Waals surface area contributed by atoms with Crippen LogP contribution in [0.15, 0.2) is 23.0 Å². The number of nitrogens with zero attached hydrogens (tertiary/aromatic N) is 1. The average Bonchev–Trinajstić information content (AvgIpc) is 2.82. The van der Waals surface area contributed by atoms with Gasteiger partial charge in [0.15, 0.2) is 0 Å². The van der Waals surface area contributed by atoms with E-state index in [-0.39, 0.29) is 5.56 Å². The molecule has 0 aliphatic heterocycles. The summed E-state index contributed by atoms with van der Waals surface area (Å²) < 4.78 is 0. The lowest BCUT2D eigenvalue weighted by Crippen LogP contribution is -2.16. The van der Waals surface area contributed by atoms with Crippen LogP contribution in [-0.2, 0) is 12.8 Å². The summed E-state index contributed by atoms with van der Waals surface area (Å²) in [6.45, 7) is 4.08. The third-order valence-electron chi connectivity index (χ3n) is 3.59. The van der Waals surface area contributed by atoms with Crippen LogP contribution in [0.4, 0.5) is 11.6 Å². The maximum Gasteiger partial charge on any atom is 0.255 e. The Labute approximate surface area is 111 Å². The summed E-state index contributed by atoms with van der Waals surface area (Å²) in [5.74, 6) is 0.541. The Balaban J connectivity index is 1.98. The van der Waals surface area contributed by atoms with Crippen molar-refractivity contribution in [1.29, 1.82) is 0 Å². The van der Waals surface area contributed by atoms with Gasteiger partial charge in [0.2, 0.25) is 5.95 Å². The van der Waals surface area contributed by atoms with E-state index in [9.17, 15) is 4.79 Å². The second-order valence-corrected chi connectivity index (χ2v) is 5.14. The second kappa shape index (κ2) is 4.53. The highest BCUT2D eigenvalue weighted by molar-refractivity contribution is 5.59. The lowest BCUT2D eigenvalue weighted by Gasteiger charge is -2.10. The summed E-state index contributed by atoms with van der Waals surface area (Å²) in [6, 6.07) is 6.19. The zero-order chi connectivity index (χ0) is 13.4. The van der Waals surface area contributed by atoms with Crippen LogP contribution in [0, 0.1) is 13.8 Å². The van der Waals surface area contributed by atoms with Gasteiger partial charge in [0, 0.05) is 11.3 Å². The second-order valence-electron chi connectivity index (χ2n) is 5.14. The average molecular weight is 255 g/mol. The number of hydrogen-bond acceptors (Lipinski definition) is 3. The standard InChI is InChI=1S/C15H17N3O/c1-9-6-7-10(2)13(8-9)17-15-16-12-5-3-4-11(12)14(19)18-15/h6-8H,3-5H2,1-2H3,(H2,16,17,18,19). The fourth-order valence-electron chi connectivity index (χ4n) is 2.50. The molecule has 2 N–H and O–H groups in total. The zero-order valence-corrected chi connectivity index (χ0v) is 11.2. The van der Waals surface area contributed by atoms with E-state index in [2.05, 4.69) is 33.5 Å². The Kier molecular flexibility index (Phi) is 2.85. The van der Waals surface area contributed by atoms with Gasteiger partial charge in [-0.05, 0) is 50.3 Å². The van der Waals surface area contributed by atoms with E-state index >= 15 is 0 Å². The predicted molar refractivity (Wildman–Crippen MR) is 76.1 cm³/mol. The number of H-pyrrole nitrogens is 1. The monoisotopic (exact) mass is 255 g/mol. The molecule has 0 atom stereocenters. The van der Waals surface area contributed by atoms with Gasteiger partial charge in [-0.3, -0.25) is 9.78 Å². The first-order chi connectivity index (χ1) is 9.13. The fraction of sp³-hybridized carbons (Fsp3) is 0.333. The molecular formula is C15H17N3O. The molecule has 4 nitrogen and oxygen atoms in total. The SMILES string of the molecule is Cc1ccc(C)c(Nc2nc3c(c(=O)[nH]2)CCC3)c1. The number of rotatable bonds is 2. The highest BCUT2D eigenvalue weighted by Crippen LogP contribution is 2.21. The molecule has 1 aliphatic rings. The van der Waals surface area contributed by atoms with Crippen molar-refractivity contribution in [3.05, 3.63) is 50.9 Å². The normalized spacial score (nSPS) is 13.4. The molecule has 1 aromatic carbocycles. The van der Waals surface area contributed by atoms with E-state index in [4.69, 9.17) is 0 Å². The van der Waals surface area contributed by atoms with Gasteiger partial charge in [0.25, 0.3) is 5.56 Å². The zero-order valence-electron chi connectivity index (χ0n) is 11.2. The van der Waals surface area contributed by atoms with E-state index in [1.807, 2.05) is 13.8 Å². The molecule has 1 aromatic heterocycles. The molecule has 3 rings (SSSR count). The summed E-state index contributed by atoms with van der Waals surface area (Å²) in [5.41, 5.74) is 5.09. The Morgan fingerprint density at radius 3 is 2.95 bits per heavy atom. The predicted octanol–water partition coefficient (Wildman–Crippen LogP) is 2.62. The molecule has 1 heterocycles. The molecular weight excluding hydrogens is 238 g/mol. The van der Waals surface area contributed by atoms with Gasteiger partial charge < -0.3 is 5.32 Å². The van der Waals surface area contributed by atoms with Crippen molar-refractivity contribution < 1.29 is 0 Å². The van der Waals surface area contributed by atoms with Crippen LogP contribution in [0.5, 0.6) is 0 Å². The minimum atomic E-state index is -0.00435. The molecule has 98 valence electrons. The lowest BCUT2D eigenvalue weighted by molar-refractivity contribution is 0.899. The van der Waals surface area contributed by atoms with Crippen molar-refractivity contribution in [2.75, 3.05) is 5.32 Å². The maximum absolute atomic E-state index is 11.9. The molecule has 0 bridgehead atoms. The Morgan fingerprint density at radius 2 is 2.11 bits per heavy atom. The molecule has 0 fully saturated rings. The van der Waals surface area contributed by atoms with Gasteiger partial charge >= 0.3 is 0 Å². The van der Waals surface area contributed by atoms with Crippen molar-refractivity contribution in [1.82, 2.24) is 9.97 Å². The van der Waals surface area contributed by atoms with Crippen LogP contribution in [0.1, 0.15) is 28.8 Å². The highest BCUT2D eigenvalue weighted by Gasteiger charge is 2.17. The number of aryl methyl sites for hydroxylation is 3. The Hall–Kier alpha value is -2.10. The largest absolute Gasteiger partial charge is 0.325 e. The molecule has 0 radical (unpaired) electrons. The Morgan fingerprint density at radius 1 is 1.26 bits per heavy atom. The molecule has 2 aromatic rings. The van der Waals surface area contributed by atoms with E-state index in [0.29, 0.717) is 5.95 Å². The summed E-state index contributed by atoms with van der Waals surface area (Å²) in [7, 11) is 0. The van der Waals surface area contributed by atoms with Crippen molar-refractivity contribution in [3.63, 3.8) is 0 Å². The number of aromatic nitrogens is 2. The van der Waals surface area contributed by atoms with Crippen molar-refractivity contribution in [2.24, 2.45) is 0 Å². The number of benzene rings is 1. The molecule has 0 spiro atoms. The van der Waals surface area contributed by atoms with Gasteiger partial charge in [-0.2, -0.15) is 0 Å². The summed E-state index contributed by atoms with van der Waals surface area (Å²) in [4.78, 5) is 19.3. The third kappa shape index (κ3) is 2.26. The Bertz CT molecular complexity index is 688. The van der Waals surface area contributed by atoms with Crippen molar-refractivity contribution in [3.8, 4) is 0 Å². The van der Waals surface area contributed by atoms with E-state index < -0.39 is 0 Å². The van der Waals surface area contributed by atoms with E-state index in [1.165, 1.54) is 5.56 Å². The summed E-state index contributed by atoms with van der Waals surface area (Å²) in [6.07, 6.45) is 2.78.